The van der Waals surface area contributed by atoms with E-state index < -0.39 is 23.5 Å². The fourth-order valence-electron chi connectivity index (χ4n) is 2.33. The second kappa shape index (κ2) is 10.6. The largest absolute Gasteiger partial charge is 0.417 e. The highest BCUT2D eigenvalue weighted by Crippen LogP contribution is 2.36. The van der Waals surface area contributed by atoms with Crippen molar-refractivity contribution >= 4 is 45.7 Å². The molecule has 0 saturated carbocycles. The van der Waals surface area contributed by atoms with Crippen LogP contribution in [-0.2, 0) is 12.4 Å². The van der Waals surface area contributed by atoms with Gasteiger partial charge in [-0.25, -0.2) is 9.98 Å². The molecule has 2 rings (SSSR count). The minimum absolute atomic E-state index is 0.0232. The molecule has 0 fully saturated rings. The van der Waals surface area contributed by atoms with Gasteiger partial charge in [0.2, 0.25) is 0 Å². The molecular formula is C18H15ClF6N6S. The number of nitrogens with zero attached hydrogens (tertiary/aromatic N) is 3. The molecule has 0 radical (unpaired) electrons. The number of amidine groups is 1. The Morgan fingerprint density at radius 3 is 2.31 bits per heavy atom. The summed E-state index contributed by atoms with van der Waals surface area (Å²) in [6, 6.07) is 3.63. The molecule has 0 atom stereocenters. The van der Waals surface area contributed by atoms with Crippen molar-refractivity contribution in [1.29, 1.82) is 5.26 Å². The summed E-state index contributed by atoms with van der Waals surface area (Å²) < 4.78 is 77.2. The van der Waals surface area contributed by atoms with Gasteiger partial charge in [-0.2, -0.15) is 31.6 Å². The maximum Gasteiger partial charge on any atom is 0.417 e. The predicted octanol–water partition coefficient (Wildman–Crippen LogP) is 5.72. The average molecular weight is 497 g/mol. The molecule has 0 bridgehead atoms. The number of anilines is 2. The van der Waals surface area contributed by atoms with Gasteiger partial charge in [-0.15, -0.1) is 0 Å². The highest BCUT2D eigenvalue weighted by molar-refractivity contribution is 8.13. The first-order valence-corrected chi connectivity index (χ1v) is 10.3. The Bertz CT molecular complexity index is 1020. The summed E-state index contributed by atoms with van der Waals surface area (Å²) in [6.07, 6.45) is -5.29. The zero-order valence-electron chi connectivity index (χ0n) is 16.2. The van der Waals surface area contributed by atoms with E-state index in [0.717, 1.165) is 30.0 Å². The molecular weight excluding hydrogens is 482 g/mol. The summed E-state index contributed by atoms with van der Waals surface area (Å²) in [4.78, 5) is 7.68. The molecule has 0 saturated heterocycles. The van der Waals surface area contributed by atoms with Crippen LogP contribution in [0.4, 0.5) is 43.5 Å². The molecule has 0 aliphatic heterocycles. The molecule has 0 aliphatic rings. The summed E-state index contributed by atoms with van der Waals surface area (Å²) in [5, 5.41) is 16.5. The molecule has 1 aromatic heterocycles. The van der Waals surface area contributed by atoms with Gasteiger partial charge in [-0.05, 0) is 30.5 Å². The average Bonchev–Trinajstić information content (AvgIpc) is 2.71. The minimum Gasteiger partial charge on any atom is -0.382 e. The molecule has 0 spiro atoms. The van der Waals surface area contributed by atoms with Crippen LogP contribution in [0.1, 0.15) is 11.1 Å². The van der Waals surface area contributed by atoms with Crippen molar-refractivity contribution in [2.45, 2.75) is 12.4 Å². The van der Waals surface area contributed by atoms with Gasteiger partial charge in [0.1, 0.15) is 5.82 Å². The molecule has 1 heterocycles. The molecule has 172 valence electrons. The lowest BCUT2D eigenvalue weighted by molar-refractivity contribution is -0.138. The van der Waals surface area contributed by atoms with Crippen LogP contribution in [0, 0.1) is 11.5 Å². The van der Waals surface area contributed by atoms with Gasteiger partial charge in [0, 0.05) is 19.3 Å². The number of aromatic nitrogens is 1. The van der Waals surface area contributed by atoms with Gasteiger partial charge >= 0.3 is 12.4 Å². The number of pyridine rings is 1. The number of rotatable bonds is 6. The van der Waals surface area contributed by atoms with E-state index in [-0.39, 0.29) is 40.5 Å². The number of nitrogens with one attached hydrogen (secondary N) is 3. The summed E-state index contributed by atoms with van der Waals surface area (Å²) >= 11 is 6.85. The van der Waals surface area contributed by atoms with Gasteiger partial charge in [0.05, 0.1) is 27.5 Å². The summed E-state index contributed by atoms with van der Waals surface area (Å²) in [5.41, 5.74) is -1.72. The van der Waals surface area contributed by atoms with Crippen molar-refractivity contribution in [1.82, 2.24) is 10.3 Å². The van der Waals surface area contributed by atoms with Gasteiger partial charge in [0.25, 0.3) is 0 Å². The van der Waals surface area contributed by atoms with Crippen LogP contribution in [0.5, 0.6) is 0 Å². The quantitative estimate of drug-likeness (QED) is 0.118. The Hall–Kier alpha value is -2.85. The number of nitriles is 1. The van der Waals surface area contributed by atoms with E-state index in [9.17, 15) is 26.3 Å². The number of aliphatic imine (C=N–C) groups is 1. The van der Waals surface area contributed by atoms with E-state index in [0.29, 0.717) is 6.20 Å². The maximum atomic E-state index is 13.1. The maximum absolute atomic E-state index is 13.1. The second-order valence-electron chi connectivity index (χ2n) is 5.99. The van der Waals surface area contributed by atoms with Crippen LogP contribution < -0.4 is 16.0 Å². The first-order valence-electron chi connectivity index (χ1n) is 8.65. The Balaban J connectivity index is 2.13. The van der Waals surface area contributed by atoms with Crippen molar-refractivity contribution in [2.75, 3.05) is 30.0 Å². The van der Waals surface area contributed by atoms with Crippen molar-refractivity contribution in [3.05, 3.63) is 46.6 Å². The molecule has 0 aliphatic carbocycles. The third kappa shape index (κ3) is 7.10. The minimum atomic E-state index is -4.59. The third-order valence-corrected chi connectivity index (χ3v) is 4.67. The number of hydrogen-bond donors (Lipinski definition) is 3. The first-order chi connectivity index (χ1) is 15.0. The fourth-order valence-corrected chi connectivity index (χ4v) is 2.90. The number of hydrogen-bond acceptors (Lipinski definition) is 6. The second-order valence-corrected chi connectivity index (χ2v) is 7.20. The molecule has 14 heteroatoms. The van der Waals surface area contributed by atoms with Gasteiger partial charge in [-0.1, -0.05) is 23.4 Å². The predicted molar refractivity (Wildman–Crippen MR) is 112 cm³/mol. The van der Waals surface area contributed by atoms with Gasteiger partial charge < -0.3 is 10.6 Å². The van der Waals surface area contributed by atoms with E-state index in [1.54, 1.807) is 12.4 Å². The highest BCUT2D eigenvalue weighted by atomic mass is 35.5. The fraction of sp³-hybridized carbons (Fsp3) is 0.278. The Labute approximate surface area is 188 Å². The molecule has 0 amide bonds. The molecule has 3 N–H and O–H groups in total. The number of halogens is 7. The summed E-state index contributed by atoms with van der Waals surface area (Å²) in [5.74, 6) is 0.0232. The summed E-state index contributed by atoms with van der Waals surface area (Å²) in [7, 11) is 0. The Kier molecular flexibility index (Phi) is 8.45. The van der Waals surface area contributed by atoms with E-state index in [2.05, 4.69) is 25.9 Å². The third-order valence-electron chi connectivity index (χ3n) is 3.80. The van der Waals surface area contributed by atoms with Crippen LogP contribution >= 0.6 is 23.4 Å². The Morgan fingerprint density at radius 1 is 1.09 bits per heavy atom. The number of thioether (sulfide) groups is 1. The molecule has 0 unspecified atom stereocenters. The van der Waals surface area contributed by atoms with E-state index in [4.69, 9.17) is 16.9 Å². The van der Waals surface area contributed by atoms with Gasteiger partial charge in [-0.3, -0.25) is 5.32 Å². The van der Waals surface area contributed by atoms with Crippen LogP contribution in [0.3, 0.4) is 0 Å². The zero-order valence-corrected chi connectivity index (χ0v) is 17.8. The zero-order chi connectivity index (χ0) is 23.9. The standard InChI is InChI=1S/C18H15ClF6N6S/c1-32-16(30-9-26)31-14-7-10(17(20,21)22)2-3-13(14)27-4-5-28-15-12(19)6-11(8-29-15)18(23,24)25/h2-3,6-8,27H,4-5H2,1H3,(H,28,29)(H,30,31). The molecule has 6 nitrogen and oxygen atoms in total. The van der Waals surface area contributed by atoms with Crippen molar-refractivity contribution in [3.8, 4) is 6.19 Å². The first kappa shape index (κ1) is 25.4. The van der Waals surface area contributed by atoms with Gasteiger partial charge in [0.15, 0.2) is 11.4 Å². The lowest BCUT2D eigenvalue weighted by atomic mass is 10.1. The highest BCUT2D eigenvalue weighted by Gasteiger charge is 2.32. The van der Waals surface area contributed by atoms with E-state index >= 15 is 0 Å². The smallest absolute Gasteiger partial charge is 0.382 e. The van der Waals surface area contributed by atoms with Crippen molar-refractivity contribution in [3.63, 3.8) is 0 Å². The SMILES string of the molecule is CSC(=Nc1cc(C(F)(F)F)ccc1NCCNc1ncc(C(F)(F)F)cc1Cl)NC#N. The topological polar surface area (TPSA) is 85.1 Å². The summed E-state index contributed by atoms with van der Waals surface area (Å²) in [6.45, 7) is 0.279. The van der Waals surface area contributed by atoms with Crippen LogP contribution in [0.15, 0.2) is 35.5 Å². The molecule has 1 aromatic carbocycles. The van der Waals surface area contributed by atoms with Crippen LogP contribution in [0.25, 0.3) is 0 Å². The number of benzene rings is 1. The van der Waals surface area contributed by atoms with Crippen LogP contribution in [0.2, 0.25) is 5.02 Å². The lowest BCUT2D eigenvalue weighted by Gasteiger charge is -2.14. The van der Waals surface area contributed by atoms with Crippen LogP contribution in [-0.4, -0.2) is 29.5 Å². The van der Waals surface area contributed by atoms with Crippen molar-refractivity contribution < 1.29 is 26.3 Å². The molecule has 2 aromatic rings. The van der Waals surface area contributed by atoms with Crippen molar-refractivity contribution in [2.24, 2.45) is 4.99 Å². The lowest BCUT2D eigenvalue weighted by Crippen LogP contribution is -2.16. The van der Waals surface area contributed by atoms with E-state index in [1.165, 1.54) is 6.07 Å². The van der Waals surface area contributed by atoms with E-state index in [1.807, 2.05) is 0 Å². The normalized spacial score (nSPS) is 12.3. The molecule has 32 heavy (non-hydrogen) atoms. The number of alkyl halides is 6. The monoisotopic (exact) mass is 496 g/mol. The Morgan fingerprint density at radius 2 is 1.75 bits per heavy atom.